The predicted molar refractivity (Wildman–Crippen MR) is 143 cm³/mol. The molecular weight excluding hydrogens is 502 g/mol. The first kappa shape index (κ1) is 25.2. The monoisotopic (exact) mass is 527 g/mol. The fraction of sp³-hybridized carbons (Fsp3) is 0.172. The van der Waals surface area contributed by atoms with Crippen LogP contribution in [-0.4, -0.2) is 45.9 Å². The fourth-order valence-corrected chi connectivity index (χ4v) is 5.57. The minimum atomic E-state index is -0.864. The smallest absolute Gasteiger partial charge is 0.290 e. The topological polar surface area (TPSA) is 102 Å². The molecule has 1 unspecified atom stereocenters. The number of hydrogen-bond acceptors (Lipinski definition) is 8. The number of benzene rings is 2. The van der Waals surface area contributed by atoms with Crippen LogP contribution in [-0.2, 0) is 11.3 Å². The number of ketones is 1. The summed E-state index contributed by atoms with van der Waals surface area (Å²) in [6, 6.07) is 17.5. The first-order valence-corrected chi connectivity index (χ1v) is 12.7. The van der Waals surface area contributed by atoms with Crippen LogP contribution in [0.15, 0.2) is 84.4 Å². The molecule has 0 aliphatic carbocycles. The molecule has 0 fully saturated rings. The van der Waals surface area contributed by atoms with Crippen molar-refractivity contribution in [2.75, 3.05) is 14.2 Å². The minimum absolute atomic E-state index is 0.00234. The van der Waals surface area contributed by atoms with Crippen molar-refractivity contribution in [3.8, 4) is 22.1 Å². The maximum absolute atomic E-state index is 14.0. The van der Waals surface area contributed by atoms with Crippen molar-refractivity contribution >= 4 is 23.0 Å². The average molecular weight is 528 g/mol. The molecule has 38 heavy (non-hydrogen) atoms. The van der Waals surface area contributed by atoms with Gasteiger partial charge in [0.1, 0.15) is 5.01 Å². The number of aryl methyl sites for hydroxylation is 1. The van der Waals surface area contributed by atoms with Crippen molar-refractivity contribution < 1.29 is 24.2 Å². The Hall–Kier alpha value is -4.50. The van der Waals surface area contributed by atoms with E-state index in [-0.39, 0.29) is 12.1 Å². The van der Waals surface area contributed by atoms with Gasteiger partial charge in [-0.3, -0.25) is 14.6 Å². The molecule has 9 heteroatoms. The number of aliphatic hydroxyl groups excluding tert-OH is 1. The van der Waals surface area contributed by atoms with Gasteiger partial charge in [-0.1, -0.05) is 42.5 Å². The Bertz CT molecular complexity index is 1530. The number of hydrogen-bond donors (Lipinski definition) is 1. The highest BCUT2D eigenvalue weighted by Crippen LogP contribution is 2.43. The maximum atomic E-state index is 14.0. The number of methoxy groups -OCH3 is 2. The van der Waals surface area contributed by atoms with Crippen LogP contribution in [0.4, 0.5) is 0 Å². The van der Waals surface area contributed by atoms with Crippen molar-refractivity contribution in [1.29, 1.82) is 0 Å². The summed E-state index contributed by atoms with van der Waals surface area (Å²) in [5, 5.41) is 11.8. The lowest BCUT2D eigenvalue weighted by atomic mass is 9.94. The zero-order chi connectivity index (χ0) is 26.8. The predicted octanol–water partition coefficient (Wildman–Crippen LogP) is 5.31. The number of pyridine rings is 1. The summed E-state index contributed by atoms with van der Waals surface area (Å²) < 4.78 is 10.9. The molecule has 2 aromatic heterocycles. The first-order chi connectivity index (χ1) is 18.4. The molecule has 0 bridgehead atoms. The molecule has 1 aliphatic rings. The molecule has 0 saturated carbocycles. The van der Waals surface area contributed by atoms with E-state index in [4.69, 9.17) is 9.47 Å². The van der Waals surface area contributed by atoms with Gasteiger partial charge in [-0.05, 0) is 36.2 Å². The number of carbonyl (C=O) groups excluding carboxylic acids is 2. The fourth-order valence-electron chi connectivity index (χ4n) is 4.54. The molecule has 1 amide bonds. The van der Waals surface area contributed by atoms with E-state index in [1.54, 1.807) is 43.6 Å². The van der Waals surface area contributed by atoms with E-state index in [1.807, 2.05) is 36.4 Å². The van der Waals surface area contributed by atoms with Crippen LogP contribution in [0.1, 0.15) is 32.5 Å². The molecule has 5 rings (SSSR count). The first-order valence-electron chi connectivity index (χ1n) is 11.9. The third-order valence-electron chi connectivity index (χ3n) is 6.37. The highest BCUT2D eigenvalue weighted by atomic mass is 32.1. The van der Waals surface area contributed by atoms with Gasteiger partial charge >= 0.3 is 0 Å². The summed E-state index contributed by atoms with van der Waals surface area (Å²) in [5.41, 5.74) is 2.77. The summed E-state index contributed by atoms with van der Waals surface area (Å²) in [6.07, 6.45) is 3.29. The summed E-state index contributed by atoms with van der Waals surface area (Å²) in [4.78, 5) is 38.0. The van der Waals surface area contributed by atoms with E-state index in [0.717, 1.165) is 11.1 Å². The Kier molecular flexibility index (Phi) is 6.93. The Labute approximate surface area is 223 Å². The second-order valence-electron chi connectivity index (χ2n) is 8.70. The molecule has 4 aromatic rings. The van der Waals surface area contributed by atoms with Crippen LogP contribution < -0.4 is 9.47 Å². The second-order valence-corrected chi connectivity index (χ2v) is 9.70. The Morgan fingerprint density at radius 2 is 1.82 bits per heavy atom. The number of amides is 1. The van der Waals surface area contributed by atoms with Crippen LogP contribution in [0, 0.1) is 6.92 Å². The lowest BCUT2D eigenvalue weighted by Gasteiger charge is -2.27. The van der Waals surface area contributed by atoms with Gasteiger partial charge in [-0.25, -0.2) is 4.98 Å². The van der Waals surface area contributed by atoms with Crippen LogP contribution in [0.2, 0.25) is 0 Å². The largest absolute Gasteiger partial charge is 0.503 e. The van der Waals surface area contributed by atoms with Gasteiger partial charge < -0.3 is 19.5 Å². The average Bonchev–Trinajstić information content (AvgIpc) is 3.46. The minimum Gasteiger partial charge on any atom is -0.503 e. The van der Waals surface area contributed by atoms with Crippen LogP contribution in [0.3, 0.4) is 0 Å². The van der Waals surface area contributed by atoms with Crippen LogP contribution >= 0.6 is 11.3 Å². The molecule has 0 saturated heterocycles. The standard InChI is InChI=1S/C29H25N3O5S/c1-17-27(38-28(31-17)19-9-5-4-6-10-19)25(33)23-24(20-11-12-21(36-2)22(14-20)37-3)32(29(35)26(23)34)16-18-8-7-13-30-15-18/h4-15,24,34H,16H2,1-3H3. The van der Waals surface area contributed by atoms with E-state index < -0.39 is 23.5 Å². The van der Waals surface area contributed by atoms with E-state index in [0.29, 0.717) is 32.6 Å². The third kappa shape index (κ3) is 4.52. The number of ether oxygens (including phenoxy) is 2. The highest BCUT2D eigenvalue weighted by Gasteiger charge is 2.44. The molecule has 1 atom stereocenters. The summed E-state index contributed by atoms with van der Waals surface area (Å²) >= 11 is 1.24. The van der Waals surface area contributed by atoms with E-state index >= 15 is 0 Å². The van der Waals surface area contributed by atoms with Gasteiger partial charge in [-0.2, -0.15) is 0 Å². The van der Waals surface area contributed by atoms with Gasteiger partial charge in [0, 0.05) is 24.5 Å². The number of aromatic nitrogens is 2. The van der Waals surface area contributed by atoms with Crippen molar-refractivity contribution in [1.82, 2.24) is 14.9 Å². The summed E-state index contributed by atoms with van der Waals surface area (Å²) in [6.45, 7) is 1.90. The second kappa shape index (κ2) is 10.5. The molecule has 8 nitrogen and oxygen atoms in total. The molecule has 2 aromatic carbocycles. The molecule has 1 N–H and O–H groups in total. The molecule has 1 aliphatic heterocycles. The van der Waals surface area contributed by atoms with Crippen molar-refractivity contribution in [2.24, 2.45) is 0 Å². The SMILES string of the molecule is COc1ccc(C2C(C(=O)c3sc(-c4ccccc4)nc3C)=C(O)C(=O)N2Cc2cccnc2)cc1OC. The number of thiazole rings is 1. The molecule has 0 spiro atoms. The molecule has 192 valence electrons. The summed E-state index contributed by atoms with van der Waals surface area (Å²) in [5.74, 6) is -0.708. The third-order valence-corrected chi connectivity index (χ3v) is 7.58. The highest BCUT2D eigenvalue weighted by molar-refractivity contribution is 7.17. The van der Waals surface area contributed by atoms with Crippen LogP contribution in [0.5, 0.6) is 11.5 Å². The molecule has 0 radical (unpaired) electrons. The quantitative estimate of drug-likeness (QED) is 0.310. The number of rotatable bonds is 8. The van der Waals surface area contributed by atoms with Gasteiger partial charge in [0.15, 0.2) is 17.3 Å². The molecule has 3 heterocycles. The summed E-state index contributed by atoms with van der Waals surface area (Å²) in [7, 11) is 3.04. The number of Topliss-reactive ketones (excluding diaryl/α,β-unsaturated/α-hetero) is 1. The number of carbonyl (C=O) groups is 2. The van der Waals surface area contributed by atoms with Gasteiger partial charge in [-0.15, -0.1) is 11.3 Å². The van der Waals surface area contributed by atoms with Crippen LogP contribution in [0.25, 0.3) is 10.6 Å². The number of aliphatic hydroxyl groups is 1. The lowest BCUT2D eigenvalue weighted by molar-refractivity contribution is -0.130. The van der Waals surface area contributed by atoms with E-state index in [2.05, 4.69) is 9.97 Å². The van der Waals surface area contributed by atoms with Gasteiger partial charge in [0.05, 0.1) is 36.4 Å². The Morgan fingerprint density at radius 3 is 2.50 bits per heavy atom. The van der Waals surface area contributed by atoms with Crippen molar-refractivity contribution in [3.05, 3.63) is 106 Å². The number of nitrogens with zero attached hydrogens (tertiary/aromatic N) is 3. The maximum Gasteiger partial charge on any atom is 0.290 e. The Morgan fingerprint density at radius 1 is 1.05 bits per heavy atom. The Balaban J connectivity index is 1.61. The van der Waals surface area contributed by atoms with Crippen molar-refractivity contribution in [2.45, 2.75) is 19.5 Å². The molecular formula is C29H25N3O5S. The van der Waals surface area contributed by atoms with E-state index in [9.17, 15) is 14.7 Å². The normalized spacial score (nSPS) is 15.2. The van der Waals surface area contributed by atoms with E-state index in [1.165, 1.54) is 30.5 Å². The zero-order valence-corrected chi connectivity index (χ0v) is 21.9. The van der Waals surface area contributed by atoms with Gasteiger partial charge in [0.2, 0.25) is 5.78 Å². The van der Waals surface area contributed by atoms with Gasteiger partial charge in [0.25, 0.3) is 5.91 Å². The zero-order valence-electron chi connectivity index (χ0n) is 21.0. The lowest BCUT2D eigenvalue weighted by Crippen LogP contribution is -2.30. The van der Waals surface area contributed by atoms with Crippen molar-refractivity contribution in [3.63, 3.8) is 0 Å².